The van der Waals surface area contributed by atoms with Gasteiger partial charge in [-0.1, -0.05) is 17.7 Å². The zero-order valence-electron chi connectivity index (χ0n) is 12.3. The van der Waals surface area contributed by atoms with Crippen LogP contribution in [0.4, 0.5) is 4.39 Å². The van der Waals surface area contributed by atoms with Crippen LogP contribution >= 0.6 is 0 Å². The standard InChI is InChI=1S/C18H16FNO/c1-10-4-5-11(2)14(8-10)18-17(12(3)21)15-9-13(19)6-7-16(15)20-18/h4-9,20H,1-3H3. The van der Waals surface area contributed by atoms with Crippen molar-refractivity contribution in [3.63, 3.8) is 0 Å². The fourth-order valence-electron chi connectivity index (χ4n) is 2.74. The van der Waals surface area contributed by atoms with Crippen LogP contribution in [0.3, 0.4) is 0 Å². The summed E-state index contributed by atoms with van der Waals surface area (Å²) in [6.07, 6.45) is 0. The van der Waals surface area contributed by atoms with Crippen molar-refractivity contribution in [2.75, 3.05) is 0 Å². The quantitative estimate of drug-likeness (QED) is 0.673. The van der Waals surface area contributed by atoms with E-state index < -0.39 is 0 Å². The summed E-state index contributed by atoms with van der Waals surface area (Å²) in [5.41, 5.74) is 5.28. The molecule has 21 heavy (non-hydrogen) atoms. The monoisotopic (exact) mass is 281 g/mol. The highest BCUT2D eigenvalue weighted by molar-refractivity contribution is 6.12. The zero-order chi connectivity index (χ0) is 15.1. The van der Waals surface area contributed by atoms with Crippen molar-refractivity contribution in [3.8, 4) is 11.3 Å². The predicted molar refractivity (Wildman–Crippen MR) is 83.2 cm³/mol. The van der Waals surface area contributed by atoms with Gasteiger partial charge in [-0.25, -0.2) is 4.39 Å². The second-order valence-electron chi connectivity index (χ2n) is 5.44. The molecule has 0 saturated heterocycles. The van der Waals surface area contributed by atoms with Gasteiger partial charge >= 0.3 is 0 Å². The second-order valence-corrected chi connectivity index (χ2v) is 5.44. The number of carbonyl (C=O) groups excluding carboxylic acids is 1. The molecule has 0 atom stereocenters. The SMILES string of the molecule is CC(=O)c1c(-c2cc(C)ccc2C)[nH]c2ccc(F)cc12. The summed E-state index contributed by atoms with van der Waals surface area (Å²) in [5.74, 6) is -0.403. The highest BCUT2D eigenvalue weighted by Gasteiger charge is 2.18. The van der Waals surface area contributed by atoms with Gasteiger partial charge in [0.2, 0.25) is 0 Å². The summed E-state index contributed by atoms with van der Waals surface area (Å²) < 4.78 is 13.5. The molecule has 0 aliphatic rings. The lowest BCUT2D eigenvalue weighted by Crippen LogP contribution is -1.96. The summed E-state index contributed by atoms with van der Waals surface area (Å²) in [5, 5.41) is 0.637. The van der Waals surface area contributed by atoms with Crippen LogP contribution in [0.1, 0.15) is 28.4 Å². The summed E-state index contributed by atoms with van der Waals surface area (Å²) in [4.78, 5) is 15.3. The number of halogens is 1. The maximum absolute atomic E-state index is 13.5. The van der Waals surface area contributed by atoms with Crippen molar-refractivity contribution in [2.45, 2.75) is 20.8 Å². The third kappa shape index (κ3) is 2.25. The molecule has 2 aromatic carbocycles. The van der Waals surface area contributed by atoms with Crippen molar-refractivity contribution >= 4 is 16.7 Å². The number of aryl methyl sites for hydroxylation is 2. The number of hydrogen-bond acceptors (Lipinski definition) is 1. The van der Waals surface area contributed by atoms with Gasteiger partial charge in [-0.15, -0.1) is 0 Å². The molecular formula is C18H16FNO. The maximum Gasteiger partial charge on any atom is 0.162 e. The van der Waals surface area contributed by atoms with Crippen LogP contribution < -0.4 is 0 Å². The molecule has 1 heterocycles. The van der Waals surface area contributed by atoms with E-state index >= 15 is 0 Å². The van der Waals surface area contributed by atoms with Gasteiger partial charge in [0.1, 0.15) is 5.82 Å². The number of H-pyrrole nitrogens is 1. The highest BCUT2D eigenvalue weighted by atomic mass is 19.1. The largest absolute Gasteiger partial charge is 0.354 e. The third-order valence-electron chi connectivity index (χ3n) is 3.78. The number of carbonyl (C=O) groups is 1. The van der Waals surface area contributed by atoms with Crippen molar-refractivity contribution < 1.29 is 9.18 Å². The second kappa shape index (κ2) is 4.85. The van der Waals surface area contributed by atoms with E-state index in [1.54, 1.807) is 6.07 Å². The summed E-state index contributed by atoms with van der Waals surface area (Å²) in [7, 11) is 0. The minimum atomic E-state index is -0.337. The lowest BCUT2D eigenvalue weighted by molar-refractivity contribution is 0.102. The smallest absolute Gasteiger partial charge is 0.162 e. The number of nitrogens with one attached hydrogen (secondary N) is 1. The van der Waals surface area contributed by atoms with Gasteiger partial charge in [-0.2, -0.15) is 0 Å². The Morgan fingerprint density at radius 2 is 1.86 bits per heavy atom. The van der Waals surface area contributed by atoms with E-state index in [0.29, 0.717) is 10.9 Å². The topological polar surface area (TPSA) is 32.9 Å². The first-order chi connectivity index (χ1) is 9.97. The van der Waals surface area contributed by atoms with Crippen molar-refractivity contribution in [1.82, 2.24) is 4.98 Å². The molecule has 3 rings (SSSR count). The van der Waals surface area contributed by atoms with Gasteiger partial charge < -0.3 is 4.98 Å². The van der Waals surface area contributed by atoms with Gasteiger partial charge in [0.25, 0.3) is 0 Å². The maximum atomic E-state index is 13.5. The van der Waals surface area contributed by atoms with E-state index in [0.717, 1.165) is 27.9 Å². The fourth-order valence-corrected chi connectivity index (χ4v) is 2.74. The number of Topliss-reactive ketones (excluding diaryl/α,β-unsaturated/α-hetero) is 1. The molecule has 0 amide bonds. The van der Waals surface area contributed by atoms with Crippen LogP contribution in [0.15, 0.2) is 36.4 Å². The van der Waals surface area contributed by atoms with Crippen LogP contribution in [0.25, 0.3) is 22.2 Å². The van der Waals surface area contributed by atoms with E-state index in [2.05, 4.69) is 4.98 Å². The van der Waals surface area contributed by atoms with Gasteiger partial charge in [-0.05, 0) is 50.6 Å². The first kappa shape index (κ1) is 13.6. The van der Waals surface area contributed by atoms with Crippen molar-refractivity contribution in [2.24, 2.45) is 0 Å². The lowest BCUT2D eigenvalue weighted by Gasteiger charge is -2.07. The molecule has 3 heteroatoms. The summed E-state index contributed by atoms with van der Waals surface area (Å²) >= 11 is 0. The van der Waals surface area contributed by atoms with Gasteiger partial charge in [-0.3, -0.25) is 4.79 Å². The number of hydrogen-bond donors (Lipinski definition) is 1. The fraction of sp³-hybridized carbons (Fsp3) is 0.167. The van der Waals surface area contributed by atoms with Crippen molar-refractivity contribution in [3.05, 3.63) is 58.9 Å². The normalized spacial score (nSPS) is 11.0. The number of aromatic nitrogens is 1. The minimum absolute atomic E-state index is 0.0669. The van der Waals surface area contributed by atoms with Crippen LogP contribution in [0.5, 0.6) is 0 Å². The number of fused-ring (bicyclic) bond motifs is 1. The number of ketones is 1. The van der Waals surface area contributed by atoms with E-state index in [-0.39, 0.29) is 11.6 Å². The predicted octanol–water partition coefficient (Wildman–Crippen LogP) is 4.79. The molecule has 2 nitrogen and oxygen atoms in total. The summed E-state index contributed by atoms with van der Waals surface area (Å²) in [6.45, 7) is 5.53. The van der Waals surface area contributed by atoms with Gasteiger partial charge in [0.05, 0.1) is 11.3 Å². The van der Waals surface area contributed by atoms with E-state index in [9.17, 15) is 9.18 Å². The molecule has 0 unspecified atom stereocenters. The Kier molecular flexibility index (Phi) is 3.13. The zero-order valence-corrected chi connectivity index (χ0v) is 12.3. The molecule has 0 aliphatic heterocycles. The Bertz CT molecular complexity index is 861. The average Bonchev–Trinajstić information content (AvgIpc) is 2.79. The van der Waals surface area contributed by atoms with E-state index in [1.807, 2.05) is 32.0 Å². The number of rotatable bonds is 2. The Morgan fingerprint density at radius 3 is 2.57 bits per heavy atom. The Hall–Kier alpha value is -2.42. The van der Waals surface area contributed by atoms with E-state index in [1.165, 1.54) is 19.1 Å². The molecule has 0 spiro atoms. The van der Waals surface area contributed by atoms with Crippen LogP contribution in [0, 0.1) is 19.7 Å². The Labute approximate surface area is 122 Å². The Morgan fingerprint density at radius 1 is 1.10 bits per heavy atom. The van der Waals surface area contributed by atoms with E-state index in [4.69, 9.17) is 0 Å². The van der Waals surface area contributed by atoms with Gasteiger partial charge in [0, 0.05) is 16.5 Å². The molecular weight excluding hydrogens is 265 g/mol. The van der Waals surface area contributed by atoms with Crippen LogP contribution in [-0.4, -0.2) is 10.8 Å². The third-order valence-corrected chi connectivity index (χ3v) is 3.78. The number of aromatic amines is 1. The van der Waals surface area contributed by atoms with Crippen LogP contribution in [-0.2, 0) is 0 Å². The first-order valence-corrected chi connectivity index (χ1v) is 6.87. The molecule has 0 radical (unpaired) electrons. The molecule has 3 aromatic rings. The lowest BCUT2D eigenvalue weighted by atomic mass is 9.97. The van der Waals surface area contributed by atoms with Gasteiger partial charge in [0.15, 0.2) is 5.78 Å². The molecule has 1 aromatic heterocycles. The molecule has 106 valence electrons. The van der Waals surface area contributed by atoms with Crippen LogP contribution in [0.2, 0.25) is 0 Å². The minimum Gasteiger partial charge on any atom is -0.354 e. The number of benzene rings is 2. The van der Waals surface area contributed by atoms with Crippen molar-refractivity contribution in [1.29, 1.82) is 0 Å². The highest BCUT2D eigenvalue weighted by Crippen LogP contribution is 2.33. The molecule has 0 saturated carbocycles. The molecule has 1 N–H and O–H groups in total. The summed E-state index contributed by atoms with van der Waals surface area (Å²) in [6, 6.07) is 10.6. The molecule has 0 aliphatic carbocycles. The molecule has 0 bridgehead atoms. The molecule has 0 fully saturated rings. The Balaban J connectivity index is 2.39. The average molecular weight is 281 g/mol. The first-order valence-electron chi connectivity index (χ1n) is 6.87.